The largest absolute Gasteiger partial charge is 0.0620 e. The maximum Gasteiger partial charge on any atom is -0.000697 e. The van der Waals surface area contributed by atoms with Crippen LogP contribution in [0.5, 0.6) is 0 Å². The van der Waals surface area contributed by atoms with E-state index in [2.05, 4.69) is 198 Å². The van der Waals surface area contributed by atoms with Gasteiger partial charge in [-0.05, 0) is 188 Å². The minimum atomic E-state index is 0.0495. The SMILES string of the molecule is Cc1ccccc1-c1c2ccccc2c2c3ccccc3c3c4c(cc1c23)c1ccc2c3ccc5c6c(ccc(c7ccc4c1c27)c63)-c1cc(-c2ccccc2C(C)(C)C)ccc1-5. The molecule has 0 saturated carbocycles. The first kappa shape index (κ1) is 34.1. The number of hydrogen-bond donors (Lipinski definition) is 0. The average molecular weight is 797 g/mol. The van der Waals surface area contributed by atoms with E-state index in [4.69, 9.17) is 0 Å². The zero-order chi connectivity index (χ0) is 41.6. The minimum absolute atomic E-state index is 0.0495. The van der Waals surface area contributed by atoms with Crippen molar-refractivity contribution in [2.75, 3.05) is 0 Å². The third-order valence-electron chi connectivity index (χ3n) is 15.3. The van der Waals surface area contributed by atoms with Crippen LogP contribution in [0, 0.1) is 6.92 Å². The summed E-state index contributed by atoms with van der Waals surface area (Å²) in [6.07, 6.45) is 0. The zero-order valence-electron chi connectivity index (χ0n) is 35.7. The average Bonchev–Trinajstić information content (AvgIpc) is 3.95. The van der Waals surface area contributed by atoms with Crippen LogP contribution >= 0.6 is 0 Å². The van der Waals surface area contributed by atoms with E-state index in [1.165, 1.54) is 163 Å². The smallest absolute Gasteiger partial charge is 0.000697 e. The van der Waals surface area contributed by atoms with E-state index in [0.29, 0.717) is 0 Å². The lowest BCUT2D eigenvalue weighted by Gasteiger charge is -2.23. The van der Waals surface area contributed by atoms with Gasteiger partial charge < -0.3 is 0 Å². The van der Waals surface area contributed by atoms with Crippen molar-refractivity contribution in [3.05, 3.63) is 181 Å². The second-order valence-electron chi connectivity index (χ2n) is 19.5. The molecule has 14 aromatic rings. The Labute approximate surface area is 364 Å². The van der Waals surface area contributed by atoms with E-state index < -0.39 is 0 Å². The summed E-state index contributed by atoms with van der Waals surface area (Å²) in [5.74, 6) is 0. The normalized spacial score (nSPS) is 13.1. The Morgan fingerprint density at radius 1 is 0.270 bits per heavy atom. The molecule has 0 fully saturated rings. The zero-order valence-corrected chi connectivity index (χ0v) is 35.7. The van der Waals surface area contributed by atoms with Crippen molar-refractivity contribution in [1.82, 2.24) is 0 Å². The third kappa shape index (κ3) is 4.09. The molecule has 0 heterocycles. The molecule has 0 unspecified atom stereocenters. The molecule has 0 atom stereocenters. The lowest BCUT2D eigenvalue weighted by Crippen LogP contribution is -2.12. The molecule has 14 aromatic carbocycles. The summed E-state index contributed by atoms with van der Waals surface area (Å²) in [7, 11) is 0. The van der Waals surface area contributed by atoms with Gasteiger partial charge >= 0.3 is 0 Å². The Hall–Kier alpha value is -7.54. The van der Waals surface area contributed by atoms with Crippen molar-refractivity contribution in [2.45, 2.75) is 33.1 Å². The highest BCUT2D eigenvalue weighted by atomic mass is 14.3. The quantitative estimate of drug-likeness (QED) is 0.121. The topological polar surface area (TPSA) is 0 Å². The van der Waals surface area contributed by atoms with Crippen molar-refractivity contribution < 1.29 is 0 Å². The number of fused-ring (bicyclic) bond motifs is 14. The third-order valence-corrected chi connectivity index (χ3v) is 15.3. The van der Waals surface area contributed by atoms with E-state index >= 15 is 0 Å². The molecule has 292 valence electrons. The number of rotatable bonds is 2. The minimum Gasteiger partial charge on any atom is -0.0620 e. The van der Waals surface area contributed by atoms with Crippen molar-refractivity contribution in [2.24, 2.45) is 0 Å². The van der Waals surface area contributed by atoms with E-state index in [1.54, 1.807) is 0 Å². The highest BCUT2D eigenvalue weighted by Gasteiger charge is 2.29. The standard InChI is InChI=1S/C63H40/c1-33-13-5-6-14-35(33)54-38-16-7-8-17-39(38)58-40-18-9-10-19-41(40)61-60-49-30-29-46-44-25-27-47-50-31-34(36-15-11-12-20-53(36)63(2,3)4)21-22-37(50)42-23-24-43(56(44)55(42)47)45-26-28-48(59(49)57(45)46)51(60)32-52(54)62(58)61/h5-32H,1-4H3. The number of aryl methyl sites for hydroxylation is 1. The van der Waals surface area contributed by atoms with Crippen LogP contribution in [-0.2, 0) is 5.41 Å². The summed E-state index contributed by atoms with van der Waals surface area (Å²) in [4.78, 5) is 0. The van der Waals surface area contributed by atoms with Gasteiger partial charge in [0.2, 0.25) is 0 Å². The molecule has 15 rings (SSSR count). The molecule has 0 spiro atoms. The molecule has 0 radical (unpaired) electrons. The summed E-state index contributed by atoms with van der Waals surface area (Å²) in [5, 5.41) is 27.2. The fourth-order valence-electron chi connectivity index (χ4n) is 12.8. The van der Waals surface area contributed by atoms with Gasteiger partial charge in [-0.2, -0.15) is 0 Å². The molecule has 0 heteroatoms. The van der Waals surface area contributed by atoms with Crippen LogP contribution in [0.4, 0.5) is 0 Å². The van der Waals surface area contributed by atoms with Gasteiger partial charge in [-0.25, -0.2) is 0 Å². The second kappa shape index (κ2) is 11.5. The van der Waals surface area contributed by atoms with Crippen LogP contribution in [0.15, 0.2) is 170 Å². The van der Waals surface area contributed by atoms with Crippen LogP contribution in [-0.4, -0.2) is 0 Å². The summed E-state index contributed by atoms with van der Waals surface area (Å²) < 4.78 is 0. The maximum absolute atomic E-state index is 2.57. The van der Waals surface area contributed by atoms with E-state index in [9.17, 15) is 0 Å². The van der Waals surface area contributed by atoms with Gasteiger partial charge in [0, 0.05) is 0 Å². The molecule has 0 saturated heterocycles. The summed E-state index contributed by atoms with van der Waals surface area (Å²) in [6, 6.07) is 65.4. The van der Waals surface area contributed by atoms with Crippen LogP contribution in [0.1, 0.15) is 31.9 Å². The Balaban J connectivity index is 1.06. The Kier molecular flexibility index (Phi) is 6.21. The Morgan fingerprint density at radius 2 is 0.714 bits per heavy atom. The predicted molar refractivity (Wildman–Crippen MR) is 274 cm³/mol. The van der Waals surface area contributed by atoms with Crippen LogP contribution < -0.4 is 0 Å². The molecule has 1 aliphatic carbocycles. The first-order valence-corrected chi connectivity index (χ1v) is 22.5. The summed E-state index contributed by atoms with van der Waals surface area (Å²) in [6.45, 7) is 9.21. The van der Waals surface area contributed by atoms with Crippen molar-refractivity contribution in [3.8, 4) is 44.5 Å². The number of hydrogen-bond acceptors (Lipinski definition) is 0. The highest BCUT2D eigenvalue weighted by Crippen LogP contribution is 2.57. The van der Waals surface area contributed by atoms with E-state index in [1.807, 2.05) is 0 Å². The fourth-order valence-corrected chi connectivity index (χ4v) is 12.8. The van der Waals surface area contributed by atoms with Gasteiger partial charge in [-0.15, -0.1) is 0 Å². The molecule has 63 heavy (non-hydrogen) atoms. The summed E-state index contributed by atoms with van der Waals surface area (Å²) >= 11 is 0. The van der Waals surface area contributed by atoms with Gasteiger partial charge in [-0.3, -0.25) is 0 Å². The molecule has 0 N–H and O–H groups in total. The van der Waals surface area contributed by atoms with Crippen LogP contribution in [0.25, 0.3) is 152 Å². The molecule has 0 bridgehead atoms. The van der Waals surface area contributed by atoms with Crippen molar-refractivity contribution >= 4 is 108 Å². The van der Waals surface area contributed by atoms with Crippen LogP contribution in [0.3, 0.4) is 0 Å². The van der Waals surface area contributed by atoms with Gasteiger partial charge in [0.25, 0.3) is 0 Å². The van der Waals surface area contributed by atoms with E-state index in [-0.39, 0.29) is 5.41 Å². The highest BCUT2D eigenvalue weighted by molar-refractivity contribution is 6.51. The molecular formula is C63H40. The van der Waals surface area contributed by atoms with Gasteiger partial charge in [-0.1, -0.05) is 178 Å². The Bertz CT molecular complexity index is 4320. The monoisotopic (exact) mass is 796 g/mol. The molecule has 0 aliphatic heterocycles. The molecule has 0 aromatic heterocycles. The maximum atomic E-state index is 2.57. The Morgan fingerprint density at radius 3 is 1.41 bits per heavy atom. The first-order valence-electron chi connectivity index (χ1n) is 22.5. The van der Waals surface area contributed by atoms with Gasteiger partial charge in [0.1, 0.15) is 0 Å². The lowest BCUT2D eigenvalue weighted by atomic mass is 9.81. The van der Waals surface area contributed by atoms with Crippen molar-refractivity contribution in [3.63, 3.8) is 0 Å². The first-order chi connectivity index (χ1) is 30.8. The van der Waals surface area contributed by atoms with Gasteiger partial charge in [0.15, 0.2) is 0 Å². The molecule has 0 amide bonds. The van der Waals surface area contributed by atoms with Crippen molar-refractivity contribution in [1.29, 1.82) is 0 Å². The molecular weight excluding hydrogens is 757 g/mol. The molecule has 0 nitrogen and oxygen atoms in total. The number of benzene rings is 12. The fraction of sp³-hybridized carbons (Fsp3) is 0.0794. The second-order valence-corrected chi connectivity index (χ2v) is 19.5. The van der Waals surface area contributed by atoms with E-state index in [0.717, 1.165) is 0 Å². The summed E-state index contributed by atoms with van der Waals surface area (Å²) in [5.41, 5.74) is 13.4. The van der Waals surface area contributed by atoms with Gasteiger partial charge in [0.05, 0.1) is 0 Å². The predicted octanol–water partition coefficient (Wildman–Crippen LogP) is 18.1. The molecule has 1 aliphatic rings. The van der Waals surface area contributed by atoms with Crippen LogP contribution in [0.2, 0.25) is 0 Å². The lowest BCUT2D eigenvalue weighted by molar-refractivity contribution is 0.592.